The van der Waals surface area contributed by atoms with Crippen molar-refractivity contribution in [1.29, 1.82) is 0 Å². The highest BCUT2D eigenvalue weighted by Gasteiger charge is 2.13. The molecule has 0 unspecified atom stereocenters. The summed E-state index contributed by atoms with van der Waals surface area (Å²) in [6.07, 6.45) is 0. The number of rotatable bonds is 1. The zero-order chi connectivity index (χ0) is 12.8. The van der Waals surface area contributed by atoms with Gasteiger partial charge in [-0.3, -0.25) is 0 Å². The van der Waals surface area contributed by atoms with E-state index in [-0.39, 0.29) is 5.69 Å². The van der Waals surface area contributed by atoms with Gasteiger partial charge in [-0.25, -0.2) is 14.5 Å². The molecule has 19 heavy (non-hydrogen) atoms. The van der Waals surface area contributed by atoms with Gasteiger partial charge in [0.1, 0.15) is 0 Å². The Morgan fingerprint density at radius 1 is 0.947 bits per heavy atom. The number of aromatic nitrogens is 4. The largest absolute Gasteiger partial charge is 0.348 e. The molecule has 0 saturated heterocycles. The SMILES string of the molecule is O=c1[nH]n2nc3ccccc3c2n1-c1ccccc1. The Kier molecular flexibility index (Phi) is 1.91. The predicted octanol–water partition coefficient (Wildman–Crippen LogP) is 1.97. The summed E-state index contributed by atoms with van der Waals surface area (Å²) in [6, 6.07) is 17.3. The Morgan fingerprint density at radius 2 is 1.68 bits per heavy atom. The Balaban J connectivity index is 2.20. The minimum Gasteiger partial charge on any atom is -0.246 e. The number of fused-ring (bicyclic) bond motifs is 3. The van der Waals surface area contributed by atoms with Gasteiger partial charge in [0, 0.05) is 5.39 Å². The van der Waals surface area contributed by atoms with Gasteiger partial charge in [-0.15, -0.1) is 0 Å². The zero-order valence-electron chi connectivity index (χ0n) is 9.95. The highest BCUT2D eigenvalue weighted by molar-refractivity contribution is 5.92. The van der Waals surface area contributed by atoms with Crippen molar-refractivity contribution in [2.75, 3.05) is 0 Å². The molecule has 0 aliphatic heterocycles. The van der Waals surface area contributed by atoms with Crippen LogP contribution in [0.4, 0.5) is 0 Å². The molecule has 0 saturated carbocycles. The molecule has 1 N–H and O–H groups in total. The second-order valence-electron chi connectivity index (χ2n) is 4.34. The maximum atomic E-state index is 12.1. The highest BCUT2D eigenvalue weighted by Crippen LogP contribution is 2.19. The average Bonchev–Trinajstić information content (AvgIpc) is 2.94. The third-order valence-corrected chi connectivity index (χ3v) is 3.18. The molecule has 5 nitrogen and oxygen atoms in total. The minimum atomic E-state index is -0.195. The van der Waals surface area contributed by atoms with E-state index >= 15 is 0 Å². The van der Waals surface area contributed by atoms with Crippen LogP contribution < -0.4 is 5.69 Å². The lowest BCUT2D eigenvalue weighted by Gasteiger charge is -2.00. The van der Waals surface area contributed by atoms with Crippen LogP contribution in [0.3, 0.4) is 0 Å². The Bertz CT molecular complexity index is 930. The Morgan fingerprint density at radius 3 is 2.53 bits per heavy atom. The summed E-state index contributed by atoms with van der Waals surface area (Å²) in [5.74, 6) is 0. The fourth-order valence-electron chi connectivity index (χ4n) is 2.37. The number of benzene rings is 2. The lowest BCUT2D eigenvalue weighted by Crippen LogP contribution is -2.14. The second-order valence-corrected chi connectivity index (χ2v) is 4.34. The van der Waals surface area contributed by atoms with Gasteiger partial charge < -0.3 is 0 Å². The summed E-state index contributed by atoms with van der Waals surface area (Å²) in [4.78, 5) is 12.1. The molecule has 2 aromatic heterocycles. The van der Waals surface area contributed by atoms with Gasteiger partial charge >= 0.3 is 5.69 Å². The third-order valence-electron chi connectivity index (χ3n) is 3.18. The summed E-state index contributed by atoms with van der Waals surface area (Å²) < 4.78 is 3.16. The zero-order valence-corrected chi connectivity index (χ0v) is 9.95. The maximum Gasteiger partial charge on any atom is 0.348 e. The average molecular weight is 250 g/mol. The molecule has 5 heteroatoms. The predicted molar refractivity (Wildman–Crippen MR) is 72.6 cm³/mol. The van der Waals surface area contributed by atoms with E-state index in [0.29, 0.717) is 0 Å². The molecule has 0 spiro atoms. The quantitative estimate of drug-likeness (QED) is 0.561. The van der Waals surface area contributed by atoms with Gasteiger partial charge in [0.05, 0.1) is 11.2 Å². The fourth-order valence-corrected chi connectivity index (χ4v) is 2.37. The normalized spacial score (nSPS) is 11.4. The molecule has 2 aromatic carbocycles. The number of hydrogen-bond acceptors (Lipinski definition) is 2. The molecule has 92 valence electrons. The molecule has 4 aromatic rings. The van der Waals surface area contributed by atoms with E-state index in [1.807, 2.05) is 54.6 Å². The van der Waals surface area contributed by atoms with Gasteiger partial charge in [-0.1, -0.05) is 30.3 Å². The first kappa shape index (κ1) is 10.1. The van der Waals surface area contributed by atoms with Crippen molar-refractivity contribution in [2.45, 2.75) is 0 Å². The van der Waals surface area contributed by atoms with Crippen LogP contribution in [0.5, 0.6) is 0 Å². The van der Waals surface area contributed by atoms with Crippen LogP contribution in [0.15, 0.2) is 59.4 Å². The molecule has 4 rings (SSSR count). The number of para-hydroxylation sites is 1. The molecular formula is C14H10N4O. The molecule has 0 aliphatic rings. The summed E-state index contributed by atoms with van der Waals surface area (Å²) in [7, 11) is 0. The van der Waals surface area contributed by atoms with Crippen molar-refractivity contribution in [3.8, 4) is 5.69 Å². The number of aromatic amines is 1. The van der Waals surface area contributed by atoms with Crippen LogP contribution in [-0.4, -0.2) is 19.4 Å². The van der Waals surface area contributed by atoms with E-state index < -0.39 is 0 Å². The van der Waals surface area contributed by atoms with E-state index in [1.165, 1.54) is 4.63 Å². The van der Waals surface area contributed by atoms with E-state index in [2.05, 4.69) is 10.2 Å². The first-order valence-corrected chi connectivity index (χ1v) is 5.98. The van der Waals surface area contributed by atoms with Crippen LogP contribution in [0, 0.1) is 0 Å². The summed E-state index contributed by atoms with van der Waals surface area (Å²) in [5.41, 5.74) is 2.24. The monoisotopic (exact) mass is 250 g/mol. The van der Waals surface area contributed by atoms with E-state index in [0.717, 1.165) is 22.2 Å². The van der Waals surface area contributed by atoms with Crippen molar-refractivity contribution in [3.63, 3.8) is 0 Å². The lowest BCUT2D eigenvalue weighted by molar-refractivity contribution is 0.817. The van der Waals surface area contributed by atoms with Crippen molar-refractivity contribution < 1.29 is 0 Å². The number of H-pyrrole nitrogens is 1. The molecule has 0 fully saturated rings. The molecule has 0 amide bonds. The lowest BCUT2D eigenvalue weighted by atomic mass is 10.2. The molecule has 0 bridgehead atoms. The van der Waals surface area contributed by atoms with Gasteiger partial charge in [0.25, 0.3) is 0 Å². The maximum absolute atomic E-state index is 12.1. The summed E-state index contributed by atoms with van der Waals surface area (Å²) in [5, 5.41) is 8.04. The first-order valence-electron chi connectivity index (χ1n) is 5.98. The van der Waals surface area contributed by atoms with Crippen LogP contribution >= 0.6 is 0 Å². The van der Waals surface area contributed by atoms with Crippen molar-refractivity contribution in [2.24, 2.45) is 0 Å². The van der Waals surface area contributed by atoms with E-state index in [9.17, 15) is 4.79 Å². The molecule has 0 aliphatic carbocycles. The first-order chi connectivity index (χ1) is 9.34. The number of nitrogens with one attached hydrogen (secondary N) is 1. The molecule has 2 heterocycles. The Hall–Kier alpha value is -2.82. The highest BCUT2D eigenvalue weighted by atomic mass is 16.2. The third kappa shape index (κ3) is 1.35. The fraction of sp³-hybridized carbons (Fsp3) is 0. The van der Waals surface area contributed by atoms with Crippen molar-refractivity contribution in [1.82, 2.24) is 19.4 Å². The van der Waals surface area contributed by atoms with E-state index in [1.54, 1.807) is 4.57 Å². The topological polar surface area (TPSA) is 55.1 Å². The van der Waals surface area contributed by atoms with Crippen LogP contribution in [-0.2, 0) is 0 Å². The smallest absolute Gasteiger partial charge is 0.246 e. The van der Waals surface area contributed by atoms with Gasteiger partial charge in [-0.2, -0.15) is 9.73 Å². The second kappa shape index (κ2) is 3.58. The number of hydrogen-bond donors (Lipinski definition) is 1. The van der Waals surface area contributed by atoms with Crippen molar-refractivity contribution in [3.05, 3.63) is 65.1 Å². The Labute approximate surface area is 107 Å². The van der Waals surface area contributed by atoms with Crippen molar-refractivity contribution >= 4 is 16.6 Å². The van der Waals surface area contributed by atoms with Crippen LogP contribution in [0.1, 0.15) is 0 Å². The van der Waals surface area contributed by atoms with Gasteiger partial charge in [0.2, 0.25) is 0 Å². The number of nitrogens with zero attached hydrogens (tertiary/aromatic N) is 3. The molecule has 0 radical (unpaired) electrons. The molecular weight excluding hydrogens is 240 g/mol. The molecule has 0 atom stereocenters. The minimum absolute atomic E-state index is 0.195. The van der Waals surface area contributed by atoms with Crippen LogP contribution in [0.25, 0.3) is 22.2 Å². The standard InChI is InChI=1S/C14H10N4O/c19-14-16-18-13(11-8-4-5-9-12(11)15-18)17(14)10-6-2-1-3-7-10/h1-9H,(H,16,19). The summed E-state index contributed by atoms with van der Waals surface area (Å²) in [6.45, 7) is 0. The van der Waals surface area contributed by atoms with E-state index in [4.69, 9.17) is 0 Å². The van der Waals surface area contributed by atoms with Crippen LogP contribution in [0.2, 0.25) is 0 Å². The van der Waals surface area contributed by atoms with Gasteiger partial charge in [-0.05, 0) is 24.3 Å². The van der Waals surface area contributed by atoms with Gasteiger partial charge in [0.15, 0.2) is 5.65 Å². The summed E-state index contributed by atoms with van der Waals surface area (Å²) >= 11 is 0.